The van der Waals surface area contributed by atoms with Gasteiger partial charge >= 0.3 is 0 Å². The molecule has 27 heavy (non-hydrogen) atoms. The third-order valence-corrected chi connectivity index (χ3v) is 4.87. The normalized spacial score (nSPS) is 15.9. The van der Waals surface area contributed by atoms with Crippen LogP contribution >= 0.6 is 12.4 Å². The molecule has 1 aliphatic heterocycles. The average Bonchev–Trinajstić information content (AvgIpc) is 2.69. The lowest BCUT2D eigenvalue weighted by molar-refractivity contribution is 0.0663. The summed E-state index contributed by atoms with van der Waals surface area (Å²) in [6, 6.07) is 18.7. The molecular weight excluding hydrogens is 360 g/mol. The molecule has 4 nitrogen and oxygen atoms in total. The number of aryl methyl sites for hydroxylation is 1. The van der Waals surface area contributed by atoms with Gasteiger partial charge in [0.05, 0.1) is 0 Å². The van der Waals surface area contributed by atoms with Crippen LogP contribution in [-0.2, 0) is 6.42 Å². The fourth-order valence-corrected chi connectivity index (χ4v) is 3.41. The highest BCUT2D eigenvalue weighted by Crippen LogP contribution is 2.16. The fraction of sp³-hybridized carbons (Fsp3) is 0.455. The molecule has 0 aromatic heterocycles. The van der Waals surface area contributed by atoms with Crippen LogP contribution in [0.5, 0.6) is 5.75 Å². The highest BCUT2D eigenvalue weighted by atomic mass is 35.5. The Labute approximate surface area is 169 Å². The summed E-state index contributed by atoms with van der Waals surface area (Å²) in [4.78, 5) is 4.72. The molecule has 0 bridgehead atoms. The lowest BCUT2D eigenvalue weighted by Gasteiger charge is -2.36. The maximum Gasteiger partial charge on any atom is 0.119 e. The van der Waals surface area contributed by atoms with Gasteiger partial charge in [0.1, 0.15) is 18.5 Å². The number of hydrogen-bond donors (Lipinski definition) is 1. The topological polar surface area (TPSA) is 35.9 Å². The highest BCUT2D eigenvalue weighted by molar-refractivity contribution is 5.85. The van der Waals surface area contributed by atoms with Crippen molar-refractivity contribution in [1.29, 1.82) is 0 Å². The Balaban J connectivity index is 0.00000261. The van der Waals surface area contributed by atoms with E-state index in [1.165, 1.54) is 11.3 Å². The fourth-order valence-electron chi connectivity index (χ4n) is 3.41. The quantitative estimate of drug-likeness (QED) is 0.746. The van der Waals surface area contributed by atoms with E-state index in [9.17, 15) is 5.11 Å². The molecule has 1 aliphatic rings. The molecular formula is C22H31ClN2O2. The molecule has 0 spiro atoms. The summed E-state index contributed by atoms with van der Waals surface area (Å²) in [5.41, 5.74) is 2.61. The molecule has 148 valence electrons. The van der Waals surface area contributed by atoms with E-state index in [1.54, 1.807) is 0 Å². The first-order valence-electron chi connectivity index (χ1n) is 9.66. The molecule has 1 N–H and O–H groups in total. The number of aliphatic hydroxyl groups excluding tert-OH is 1. The zero-order valence-corrected chi connectivity index (χ0v) is 16.9. The first-order valence-corrected chi connectivity index (χ1v) is 9.66. The average molecular weight is 391 g/mol. The molecule has 0 radical (unpaired) electrons. The second-order valence-electron chi connectivity index (χ2n) is 6.98. The first-order chi connectivity index (χ1) is 12.7. The monoisotopic (exact) mass is 390 g/mol. The lowest BCUT2D eigenvalue weighted by atomic mass is 10.1. The van der Waals surface area contributed by atoms with Crippen molar-refractivity contribution in [3.8, 4) is 5.75 Å². The minimum Gasteiger partial charge on any atom is -0.491 e. The number of para-hydroxylation sites is 1. The molecule has 1 fully saturated rings. The number of anilines is 1. The predicted octanol–water partition coefficient (Wildman–Crippen LogP) is 3.62. The third-order valence-electron chi connectivity index (χ3n) is 4.87. The maximum atomic E-state index is 10.3. The lowest BCUT2D eigenvalue weighted by Crippen LogP contribution is -2.49. The largest absolute Gasteiger partial charge is 0.491 e. The molecule has 3 rings (SSSR count). The molecule has 0 saturated carbocycles. The van der Waals surface area contributed by atoms with E-state index in [0.29, 0.717) is 13.2 Å². The van der Waals surface area contributed by atoms with Crippen molar-refractivity contribution in [2.45, 2.75) is 25.9 Å². The highest BCUT2D eigenvalue weighted by Gasteiger charge is 2.19. The van der Waals surface area contributed by atoms with Crippen LogP contribution in [0.3, 0.4) is 0 Å². The molecule has 0 amide bonds. The summed E-state index contributed by atoms with van der Waals surface area (Å²) in [5, 5.41) is 10.3. The Hall–Kier alpha value is -1.75. The van der Waals surface area contributed by atoms with E-state index in [1.807, 2.05) is 18.2 Å². The standard InChI is InChI=1S/C22H30N2O2.ClH/c1-2-6-19-9-11-22(12-10-19)26-18-21(25)17-23-13-15-24(16-14-23)20-7-4-3-5-8-20;/h3-5,7-12,21,25H,2,6,13-18H2,1H3;1H. The van der Waals surface area contributed by atoms with Crippen molar-refractivity contribution in [1.82, 2.24) is 4.90 Å². The van der Waals surface area contributed by atoms with Gasteiger partial charge in [-0.1, -0.05) is 43.7 Å². The number of rotatable bonds is 8. The van der Waals surface area contributed by atoms with Crippen molar-refractivity contribution in [3.63, 3.8) is 0 Å². The van der Waals surface area contributed by atoms with Gasteiger partial charge in [-0.25, -0.2) is 0 Å². The van der Waals surface area contributed by atoms with E-state index >= 15 is 0 Å². The van der Waals surface area contributed by atoms with Crippen LogP contribution in [0.4, 0.5) is 5.69 Å². The molecule has 2 aromatic rings. The minimum atomic E-state index is -0.464. The van der Waals surface area contributed by atoms with Gasteiger partial charge in [0.2, 0.25) is 0 Å². The summed E-state index contributed by atoms with van der Waals surface area (Å²) in [7, 11) is 0. The van der Waals surface area contributed by atoms with Crippen LogP contribution in [0.1, 0.15) is 18.9 Å². The van der Waals surface area contributed by atoms with E-state index < -0.39 is 6.10 Å². The number of β-amino-alcohol motifs (C(OH)–C–C–N with tert-alkyl or cyclic N) is 1. The molecule has 1 heterocycles. The number of ether oxygens (including phenoxy) is 1. The van der Waals surface area contributed by atoms with Crippen LogP contribution in [0.25, 0.3) is 0 Å². The van der Waals surface area contributed by atoms with Gasteiger partial charge in [-0.2, -0.15) is 0 Å². The summed E-state index contributed by atoms with van der Waals surface area (Å²) in [6.45, 7) is 7.12. The van der Waals surface area contributed by atoms with E-state index in [0.717, 1.165) is 44.8 Å². The summed E-state index contributed by atoms with van der Waals surface area (Å²) in [5.74, 6) is 0.831. The van der Waals surface area contributed by atoms with Gasteiger partial charge < -0.3 is 14.7 Å². The smallest absolute Gasteiger partial charge is 0.119 e. The molecule has 1 unspecified atom stereocenters. The van der Waals surface area contributed by atoms with Crippen molar-refractivity contribution >= 4 is 18.1 Å². The number of piperazine rings is 1. The summed E-state index contributed by atoms with van der Waals surface area (Å²) >= 11 is 0. The Morgan fingerprint density at radius 1 is 0.963 bits per heavy atom. The Morgan fingerprint density at radius 3 is 2.26 bits per heavy atom. The third kappa shape index (κ3) is 6.73. The zero-order chi connectivity index (χ0) is 18.2. The van der Waals surface area contributed by atoms with Crippen molar-refractivity contribution < 1.29 is 9.84 Å². The van der Waals surface area contributed by atoms with Gasteiger partial charge in [0, 0.05) is 38.4 Å². The van der Waals surface area contributed by atoms with Crippen LogP contribution in [0.15, 0.2) is 54.6 Å². The molecule has 0 aliphatic carbocycles. The van der Waals surface area contributed by atoms with Crippen LogP contribution in [-0.4, -0.2) is 55.4 Å². The number of benzene rings is 2. The predicted molar refractivity (Wildman–Crippen MR) is 114 cm³/mol. The van der Waals surface area contributed by atoms with Gasteiger partial charge in [-0.3, -0.25) is 4.90 Å². The summed E-state index contributed by atoms with van der Waals surface area (Å²) in [6.07, 6.45) is 1.78. The first kappa shape index (κ1) is 21.5. The van der Waals surface area contributed by atoms with Crippen LogP contribution < -0.4 is 9.64 Å². The van der Waals surface area contributed by atoms with Crippen molar-refractivity contribution in [3.05, 3.63) is 60.2 Å². The number of hydrogen-bond acceptors (Lipinski definition) is 4. The van der Waals surface area contributed by atoms with Gasteiger partial charge in [-0.05, 0) is 36.2 Å². The Morgan fingerprint density at radius 2 is 1.63 bits per heavy atom. The SMILES string of the molecule is CCCc1ccc(OCC(O)CN2CCN(c3ccccc3)CC2)cc1.Cl. The van der Waals surface area contributed by atoms with Gasteiger partial charge in [-0.15, -0.1) is 12.4 Å². The molecule has 1 atom stereocenters. The second kappa shape index (κ2) is 11.2. The number of nitrogens with zero attached hydrogens (tertiary/aromatic N) is 2. The number of aliphatic hydroxyl groups is 1. The van der Waals surface area contributed by atoms with Crippen LogP contribution in [0.2, 0.25) is 0 Å². The molecule has 1 saturated heterocycles. The van der Waals surface area contributed by atoms with E-state index in [4.69, 9.17) is 4.74 Å². The molecule has 5 heteroatoms. The second-order valence-corrected chi connectivity index (χ2v) is 6.98. The van der Waals surface area contributed by atoms with Gasteiger partial charge in [0.25, 0.3) is 0 Å². The van der Waals surface area contributed by atoms with Gasteiger partial charge in [0.15, 0.2) is 0 Å². The summed E-state index contributed by atoms with van der Waals surface area (Å²) < 4.78 is 5.75. The minimum absolute atomic E-state index is 0. The van der Waals surface area contributed by atoms with Crippen molar-refractivity contribution in [2.75, 3.05) is 44.2 Å². The van der Waals surface area contributed by atoms with Crippen molar-refractivity contribution in [2.24, 2.45) is 0 Å². The number of halogens is 1. The van der Waals surface area contributed by atoms with E-state index in [2.05, 4.69) is 53.1 Å². The van der Waals surface area contributed by atoms with E-state index in [-0.39, 0.29) is 12.4 Å². The van der Waals surface area contributed by atoms with Crippen LogP contribution in [0, 0.1) is 0 Å². The Bertz CT molecular complexity index is 643. The zero-order valence-electron chi connectivity index (χ0n) is 16.1. The molecule has 2 aromatic carbocycles. The Kier molecular flexibility index (Phi) is 8.92. The maximum absolute atomic E-state index is 10.3.